The molecule has 0 aromatic carbocycles. The zero-order valence-electron chi connectivity index (χ0n) is 8.37. The van der Waals surface area contributed by atoms with E-state index in [0.29, 0.717) is 11.8 Å². The van der Waals surface area contributed by atoms with Crippen molar-refractivity contribution in [2.45, 2.75) is 18.9 Å². The zero-order valence-corrected chi connectivity index (χ0v) is 10.5. The molecule has 4 heteroatoms. The third kappa shape index (κ3) is 1.54. The van der Waals surface area contributed by atoms with Gasteiger partial charge >= 0.3 is 0 Å². The van der Waals surface area contributed by atoms with Crippen molar-refractivity contribution in [2.75, 3.05) is 13.1 Å². The van der Waals surface area contributed by atoms with Gasteiger partial charge in [-0.05, 0) is 47.5 Å². The van der Waals surface area contributed by atoms with Crippen LogP contribution in [-0.4, -0.2) is 17.7 Å². The first-order chi connectivity index (χ1) is 7.25. The molecule has 1 aromatic rings. The second kappa shape index (κ2) is 3.59. The Balaban J connectivity index is 2.20. The lowest BCUT2D eigenvalue weighted by molar-refractivity contribution is 0.256. The van der Waals surface area contributed by atoms with Crippen LogP contribution in [0.25, 0.3) is 0 Å². The molecule has 1 fully saturated rings. The van der Waals surface area contributed by atoms with Crippen molar-refractivity contribution in [1.82, 2.24) is 9.88 Å². The Hall–Kier alpha value is -0.360. The number of pyridine rings is 1. The van der Waals surface area contributed by atoms with Crippen LogP contribution in [0.15, 0.2) is 16.9 Å². The van der Waals surface area contributed by atoms with Gasteiger partial charge in [-0.2, -0.15) is 0 Å². The smallest absolute Gasteiger partial charge is 0.250 e. The van der Waals surface area contributed by atoms with Crippen LogP contribution < -0.4 is 10.9 Å². The minimum atomic E-state index is 0.169. The highest BCUT2D eigenvalue weighted by Crippen LogP contribution is 2.33. The van der Waals surface area contributed by atoms with Crippen molar-refractivity contribution in [3.63, 3.8) is 0 Å². The van der Waals surface area contributed by atoms with E-state index in [1.165, 1.54) is 15.7 Å². The van der Waals surface area contributed by atoms with Crippen molar-refractivity contribution in [3.05, 3.63) is 31.8 Å². The Bertz CT molecular complexity index is 454. The first-order valence-electron chi connectivity index (χ1n) is 5.35. The van der Waals surface area contributed by atoms with Crippen molar-refractivity contribution >= 4 is 22.6 Å². The molecule has 2 aliphatic heterocycles. The summed E-state index contributed by atoms with van der Waals surface area (Å²) in [5.74, 6) is 1.19. The SMILES string of the molecule is O=c1ccc(I)c2n1CC1CNCC2C1. The monoisotopic (exact) mass is 316 g/mol. The van der Waals surface area contributed by atoms with Gasteiger partial charge in [-0.25, -0.2) is 0 Å². The van der Waals surface area contributed by atoms with Crippen molar-refractivity contribution in [1.29, 1.82) is 0 Å². The lowest BCUT2D eigenvalue weighted by Gasteiger charge is -2.37. The summed E-state index contributed by atoms with van der Waals surface area (Å²) in [7, 11) is 0. The van der Waals surface area contributed by atoms with Crippen LogP contribution in [0, 0.1) is 9.49 Å². The summed E-state index contributed by atoms with van der Waals surface area (Å²) < 4.78 is 3.22. The predicted octanol–water partition coefficient (Wildman–Crippen LogP) is 1.16. The first-order valence-corrected chi connectivity index (χ1v) is 6.43. The second-order valence-corrected chi connectivity index (χ2v) is 5.63. The molecule has 0 spiro atoms. The number of nitrogens with one attached hydrogen (secondary N) is 1. The lowest BCUT2D eigenvalue weighted by atomic mass is 9.84. The van der Waals surface area contributed by atoms with Crippen molar-refractivity contribution in [3.8, 4) is 0 Å². The van der Waals surface area contributed by atoms with Gasteiger partial charge in [0.25, 0.3) is 5.56 Å². The molecular weight excluding hydrogens is 303 g/mol. The quantitative estimate of drug-likeness (QED) is 0.729. The maximum atomic E-state index is 11.8. The average molecular weight is 316 g/mol. The van der Waals surface area contributed by atoms with Gasteiger partial charge in [0.05, 0.1) is 0 Å². The highest BCUT2D eigenvalue weighted by atomic mass is 127. The molecule has 0 saturated carbocycles. The number of aromatic nitrogens is 1. The molecule has 2 aliphatic rings. The first kappa shape index (κ1) is 9.84. The van der Waals surface area contributed by atoms with Crippen LogP contribution >= 0.6 is 22.6 Å². The van der Waals surface area contributed by atoms with Crippen molar-refractivity contribution < 1.29 is 0 Å². The van der Waals surface area contributed by atoms with Crippen LogP contribution in [0.4, 0.5) is 0 Å². The van der Waals surface area contributed by atoms with E-state index in [-0.39, 0.29) is 5.56 Å². The summed E-state index contributed by atoms with van der Waals surface area (Å²) in [4.78, 5) is 11.8. The van der Waals surface area contributed by atoms with E-state index in [0.717, 1.165) is 19.6 Å². The standard InChI is InChI=1S/C11H13IN2O/c12-9-1-2-10(15)14-6-7-3-8(11(9)14)5-13-4-7/h1-2,7-8,13H,3-6H2. The van der Waals surface area contributed by atoms with Gasteiger partial charge in [0.1, 0.15) is 0 Å². The van der Waals surface area contributed by atoms with E-state index >= 15 is 0 Å². The summed E-state index contributed by atoms with van der Waals surface area (Å²) in [5.41, 5.74) is 1.42. The number of hydrogen-bond acceptors (Lipinski definition) is 2. The second-order valence-electron chi connectivity index (χ2n) is 4.47. The van der Waals surface area contributed by atoms with E-state index in [1.54, 1.807) is 6.07 Å². The Kier molecular flexibility index (Phi) is 2.35. The molecule has 15 heavy (non-hydrogen) atoms. The number of fused-ring (bicyclic) bond motifs is 4. The Morgan fingerprint density at radius 2 is 2.27 bits per heavy atom. The number of piperidine rings is 1. The summed E-state index contributed by atoms with van der Waals surface area (Å²) in [5, 5.41) is 3.46. The third-order valence-corrected chi connectivity index (χ3v) is 4.36. The fourth-order valence-electron chi connectivity index (χ4n) is 2.81. The Labute approximate surface area is 102 Å². The topological polar surface area (TPSA) is 34.0 Å². The largest absolute Gasteiger partial charge is 0.316 e. The lowest BCUT2D eigenvalue weighted by Crippen LogP contribution is -2.45. The zero-order chi connectivity index (χ0) is 10.4. The molecule has 1 N–H and O–H groups in total. The molecule has 3 heterocycles. The van der Waals surface area contributed by atoms with Gasteiger partial charge in [-0.3, -0.25) is 4.79 Å². The fourth-order valence-corrected chi connectivity index (χ4v) is 3.72. The summed E-state index contributed by atoms with van der Waals surface area (Å²) in [6.45, 7) is 2.98. The summed E-state index contributed by atoms with van der Waals surface area (Å²) >= 11 is 2.34. The van der Waals surface area contributed by atoms with Crippen LogP contribution in [0.2, 0.25) is 0 Å². The molecule has 2 unspecified atom stereocenters. The van der Waals surface area contributed by atoms with Gasteiger partial charge in [-0.1, -0.05) is 0 Å². The maximum absolute atomic E-state index is 11.8. The molecule has 80 valence electrons. The van der Waals surface area contributed by atoms with Crippen LogP contribution in [-0.2, 0) is 6.54 Å². The number of rotatable bonds is 0. The van der Waals surface area contributed by atoms with E-state index in [1.807, 2.05) is 10.6 Å². The fraction of sp³-hybridized carbons (Fsp3) is 0.545. The minimum Gasteiger partial charge on any atom is -0.316 e. The molecule has 2 atom stereocenters. The molecular formula is C11H13IN2O. The molecule has 0 radical (unpaired) electrons. The number of nitrogens with zero attached hydrogens (tertiary/aromatic N) is 1. The molecule has 3 rings (SSSR count). The van der Waals surface area contributed by atoms with E-state index < -0.39 is 0 Å². The molecule has 2 bridgehead atoms. The van der Waals surface area contributed by atoms with Crippen LogP contribution in [0.3, 0.4) is 0 Å². The van der Waals surface area contributed by atoms with E-state index in [4.69, 9.17) is 0 Å². The molecule has 1 saturated heterocycles. The highest BCUT2D eigenvalue weighted by Gasteiger charge is 2.31. The maximum Gasteiger partial charge on any atom is 0.250 e. The van der Waals surface area contributed by atoms with Gasteiger partial charge < -0.3 is 9.88 Å². The van der Waals surface area contributed by atoms with E-state index in [2.05, 4.69) is 27.9 Å². The molecule has 0 aliphatic carbocycles. The van der Waals surface area contributed by atoms with Crippen LogP contribution in [0.1, 0.15) is 18.0 Å². The molecule has 3 nitrogen and oxygen atoms in total. The minimum absolute atomic E-state index is 0.169. The highest BCUT2D eigenvalue weighted by molar-refractivity contribution is 14.1. The summed E-state index contributed by atoms with van der Waals surface area (Å²) in [6, 6.07) is 3.64. The third-order valence-electron chi connectivity index (χ3n) is 3.44. The van der Waals surface area contributed by atoms with Crippen molar-refractivity contribution in [2.24, 2.45) is 5.92 Å². The number of halogens is 1. The normalized spacial score (nSPS) is 28.6. The molecule has 1 aromatic heterocycles. The Morgan fingerprint density at radius 3 is 3.13 bits per heavy atom. The van der Waals surface area contributed by atoms with Gasteiger partial charge in [0.15, 0.2) is 0 Å². The number of hydrogen-bond donors (Lipinski definition) is 1. The summed E-state index contributed by atoms with van der Waals surface area (Å²) in [6.07, 6.45) is 1.24. The van der Waals surface area contributed by atoms with Gasteiger partial charge in [0.2, 0.25) is 0 Å². The van der Waals surface area contributed by atoms with Crippen LogP contribution in [0.5, 0.6) is 0 Å². The predicted molar refractivity (Wildman–Crippen MR) is 67.1 cm³/mol. The van der Waals surface area contributed by atoms with E-state index in [9.17, 15) is 4.79 Å². The van der Waals surface area contributed by atoms with Gasteiger partial charge in [-0.15, -0.1) is 0 Å². The molecule has 0 amide bonds. The Morgan fingerprint density at radius 1 is 1.40 bits per heavy atom. The van der Waals surface area contributed by atoms with Gasteiger partial charge in [0, 0.05) is 34.3 Å². The average Bonchev–Trinajstić information content (AvgIpc) is 2.24.